The van der Waals surface area contributed by atoms with Gasteiger partial charge in [0.15, 0.2) is 0 Å². The van der Waals surface area contributed by atoms with Crippen LogP contribution in [0.15, 0.2) is 18.2 Å². The molecule has 0 aromatic heterocycles. The van der Waals surface area contributed by atoms with Gasteiger partial charge < -0.3 is 21.1 Å². The lowest BCUT2D eigenvalue weighted by Crippen LogP contribution is -2.45. The van der Waals surface area contributed by atoms with E-state index in [9.17, 15) is 14.7 Å². The van der Waals surface area contributed by atoms with E-state index in [-0.39, 0.29) is 18.2 Å². The third kappa shape index (κ3) is 5.49. The summed E-state index contributed by atoms with van der Waals surface area (Å²) in [6.07, 6.45) is 0.0785. The van der Waals surface area contributed by atoms with Crippen LogP contribution in [0.3, 0.4) is 0 Å². The van der Waals surface area contributed by atoms with E-state index in [0.29, 0.717) is 23.8 Å². The molecule has 2 amide bonds. The molecule has 0 radical (unpaired) electrons. The maximum Gasteiger partial charge on any atom is 0.233 e. The van der Waals surface area contributed by atoms with Crippen molar-refractivity contribution in [3.05, 3.63) is 28.8 Å². The van der Waals surface area contributed by atoms with Gasteiger partial charge in [0.05, 0.1) is 6.10 Å². The quantitative estimate of drug-likeness (QED) is 0.604. The lowest BCUT2D eigenvalue weighted by molar-refractivity contribution is -0.127. The first kappa shape index (κ1) is 17.7. The summed E-state index contributed by atoms with van der Waals surface area (Å²) < 4.78 is 0. The van der Waals surface area contributed by atoms with E-state index in [0.717, 1.165) is 18.5 Å². The van der Waals surface area contributed by atoms with Crippen LogP contribution >= 0.6 is 11.6 Å². The fraction of sp³-hybridized carbons (Fsp3) is 0.500. The van der Waals surface area contributed by atoms with Gasteiger partial charge in [-0.3, -0.25) is 9.59 Å². The zero-order chi connectivity index (χ0) is 16.8. The Kier molecular flexibility index (Phi) is 6.38. The van der Waals surface area contributed by atoms with E-state index in [1.165, 1.54) is 0 Å². The van der Waals surface area contributed by atoms with Crippen molar-refractivity contribution in [2.75, 3.05) is 25.0 Å². The summed E-state index contributed by atoms with van der Waals surface area (Å²) in [5.41, 5.74) is 1.48. The minimum Gasteiger partial charge on any atom is -0.391 e. The maximum absolute atomic E-state index is 11.9. The largest absolute Gasteiger partial charge is 0.391 e. The number of amides is 2. The highest BCUT2D eigenvalue weighted by Gasteiger charge is 2.23. The molecule has 1 aromatic carbocycles. The predicted octanol–water partition coefficient (Wildman–Crippen LogP) is 1.06. The number of piperidine rings is 1. The average Bonchev–Trinajstić information content (AvgIpc) is 2.50. The molecule has 23 heavy (non-hydrogen) atoms. The van der Waals surface area contributed by atoms with Crippen LogP contribution in [0.4, 0.5) is 5.69 Å². The number of nitrogens with one attached hydrogen (secondary N) is 3. The second kappa shape index (κ2) is 8.29. The molecule has 7 heteroatoms. The van der Waals surface area contributed by atoms with Crippen LogP contribution in [0.5, 0.6) is 0 Å². The van der Waals surface area contributed by atoms with Gasteiger partial charge in [-0.1, -0.05) is 17.7 Å². The molecule has 0 spiro atoms. The molecule has 1 aliphatic heterocycles. The van der Waals surface area contributed by atoms with Crippen molar-refractivity contribution in [2.24, 2.45) is 5.92 Å². The molecule has 4 N–H and O–H groups in total. The van der Waals surface area contributed by atoms with Gasteiger partial charge in [-0.15, -0.1) is 0 Å². The highest BCUT2D eigenvalue weighted by atomic mass is 35.5. The van der Waals surface area contributed by atoms with E-state index in [4.69, 9.17) is 11.6 Å². The van der Waals surface area contributed by atoms with Gasteiger partial charge in [-0.2, -0.15) is 0 Å². The number of carbonyl (C=O) groups excluding carboxylic acids is 2. The van der Waals surface area contributed by atoms with Crippen molar-refractivity contribution in [1.82, 2.24) is 10.6 Å². The molecule has 1 aliphatic rings. The Morgan fingerprint density at radius 2 is 2.17 bits per heavy atom. The SMILES string of the molecule is Cc1ccc(NC(=O)CC(=O)NC[C@@H]2CCNC[C@H]2O)cc1Cl. The zero-order valence-corrected chi connectivity index (χ0v) is 13.8. The predicted molar refractivity (Wildman–Crippen MR) is 89.4 cm³/mol. The first-order valence-electron chi connectivity index (χ1n) is 7.67. The Morgan fingerprint density at radius 1 is 1.39 bits per heavy atom. The van der Waals surface area contributed by atoms with Crippen LogP contribution in [0.1, 0.15) is 18.4 Å². The van der Waals surface area contributed by atoms with Crippen molar-refractivity contribution in [3.63, 3.8) is 0 Å². The highest BCUT2D eigenvalue weighted by Crippen LogP contribution is 2.20. The summed E-state index contributed by atoms with van der Waals surface area (Å²) in [5.74, 6) is -0.723. The van der Waals surface area contributed by atoms with Crippen molar-refractivity contribution >= 4 is 29.1 Å². The second-order valence-electron chi connectivity index (χ2n) is 5.81. The van der Waals surface area contributed by atoms with Crippen molar-refractivity contribution in [2.45, 2.75) is 25.9 Å². The van der Waals surface area contributed by atoms with Gasteiger partial charge in [0.1, 0.15) is 6.42 Å². The van der Waals surface area contributed by atoms with E-state index in [2.05, 4.69) is 16.0 Å². The number of anilines is 1. The van der Waals surface area contributed by atoms with Gasteiger partial charge in [0.25, 0.3) is 0 Å². The first-order valence-corrected chi connectivity index (χ1v) is 8.05. The Hall–Kier alpha value is -1.63. The number of aryl methyl sites for hydroxylation is 1. The highest BCUT2D eigenvalue weighted by molar-refractivity contribution is 6.31. The van der Waals surface area contributed by atoms with Crippen LogP contribution in [-0.4, -0.2) is 42.7 Å². The van der Waals surface area contributed by atoms with Crippen LogP contribution in [0.25, 0.3) is 0 Å². The molecule has 1 heterocycles. The number of β-amino-alcohol motifs (C(OH)–C–C–N with tert-alkyl or cyclic N) is 1. The fourth-order valence-electron chi connectivity index (χ4n) is 2.46. The number of aliphatic hydroxyl groups is 1. The molecule has 0 saturated carbocycles. The van der Waals surface area contributed by atoms with E-state index in [1.807, 2.05) is 6.92 Å². The zero-order valence-electron chi connectivity index (χ0n) is 13.1. The lowest BCUT2D eigenvalue weighted by Gasteiger charge is -2.28. The summed E-state index contributed by atoms with van der Waals surface area (Å²) in [4.78, 5) is 23.7. The first-order chi connectivity index (χ1) is 11.0. The summed E-state index contributed by atoms with van der Waals surface area (Å²) in [7, 11) is 0. The van der Waals surface area contributed by atoms with E-state index < -0.39 is 12.0 Å². The van der Waals surface area contributed by atoms with Crippen LogP contribution < -0.4 is 16.0 Å². The standard InChI is InChI=1S/C16H22ClN3O3/c1-10-2-3-12(6-13(10)17)20-16(23)7-15(22)19-8-11-4-5-18-9-14(11)21/h2-3,6,11,14,18,21H,4-5,7-9H2,1H3,(H,19,22)(H,20,23)/t11-,14+/m0/s1. The summed E-state index contributed by atoms with van der Waals surface area (Å²) in [5, 5.41) is 18.8. The van der Waals surface area contributed by atoms with Crippen LogP contribution in [-0.2, 0) is 9.59 Å². The topological polar surface area (TPSA) is 90.5 Å². The summed E-state index contributed by atoms with van der Waals surface area (Å²) in [6, 6.07) is 5.19. The summed E-state index contributed by atoms with van der Waals surface area (Å²) >= 11 is 5.99. The van der Waals surface area contributed by atoms with Gasteiger partial charge in [-0.05, 0) is 37.6 Å². The number of rotatable bonds is 5. The van der Waals surface area contributed by atoms with E-state index in [1.54, 1.807) is 18.2 Å². The smallest absolute Gasteiger partial charge is 0.233 e. The number of halogens is 1. The minimum absolute atomic E-state index is 0.0270. The van der Waals surface area contributed by atoms with Crippen molar-refractivity contribution < 1.29 is 14.7 Å². The molecular formula is C16H22ClN3O3. The van der Waals surface area contributed by atoms with E-state index >= 15 is 0 Å². The lowest BCUT2D eigenvalue weighted by atomic mass is 9.95. The van der Waals surface area contributed by atoms with Gasteiger partial charge in [-0.25, -0.2) is 0 Å². The Balaban J connectivity index is 1.75. The molecule has 6 nitrogen and oxygen atoms in total. The summed E-state index contributed by atoms with van der Waals surface area (Å²) in [6.45, 7) is 3.61. The molecule has 1 saturated heterocycles. The van der Waals surface area contributed by atoms with Gasteiger partial charge >= 0.3 is 0 Å². The molecular weight excluding hydrogens is 318 g/mol. The molecule has 1 aromatic rings. The molecule has 0 aliphatic carbocycles. The van der Waals surface area contributed by atoms with Crippen LogP contribution in [0, 0.1) is 12.8 Å². The second-order valence-corrected chi connectivity index (χ2v) is 6.22. The molecule has 2 atom stereocenters. The normalized spacial score (nSPS) is 20.8. The number of benzene rings is 1. The van der Waals surface area contributed by atoms with Gasteiger partial charge in [0, 0.05) is 29.7 Å². The Morgan fingerprint density at radius 3 is 2.87 bits per heavy atom. The Bertz CT molecular complexity index is 580. The van der Waals surface area contributed by atoms with Gasteiger partial charge in [0.2, 0.25) is 11.8 Å². The molecule has 1 fully saturated rings. The Labute approximate surface area is 140 Å². The monoisotopic (exact) mass is 339 g/mol. The third-order valence-corrected chi connectivity index (χ3v) is 4.33. The molecule has 0 unspecified atom stereocenters. The number of hydrogen-bond acceptors (Lipinski definition) is 4. The van der Waals surface area contributed by atoms with Crippen molar-refractivity contribution in [1.29, 1.82) is 0 Å². The average molecular weight is 340 g/mol. The molecule has 0 bridgehead atoms. The number of hydrogen-bond donors (Lipinski definition) is 4. The maximum atomic E-state index is 11.9. The number of carbonyl (C=O) groups is 2. The third-order valence-electron chi connectivity index (χ3n) is 3.93. The fourth-order valence-corrected chi connectivity index (χ4v) is 2.64. The molecule has 2 rings (SSSR count). The minimum atomic E-state index is -0.465. The van der Waals surface area contributed by atoms with Crippen molar-refractivity contribution in [3.8, 4) is 0 Å². The van der Waals surface area contributed by atoms with Crippen LogP contribution in [0.2, 0.25) is 5.02 Å². The number of aliphatic hydroxyl groups excluding tert-OH is 1. The molecule has 126 valence electrons.